The van der Waals surface area contributed by atoms with Crippen molar-refractivity contribution in [1.29, 1.82) is 0 Å². The molecule has 0 unspecified atom stereocenters. The van der Waals surface area contributed by atoms with Crippen molar-refractivity contribution in [3.05, 3.63) is 54.1 Å². The minimum atomic E-state index is -3.54. The van der Waals surface area contributed by atoms with E-state index >= 15 is 0 Å². The molecule has 2 amide bonds. The molecule has 0 bridgehead atoms. The van der Waals surface area contributed by atoms with Crippen LogP contribution in [-0.4, -0.2) is 45.0 Å². The van der Waals surface area contributed by atoms with Gasteiger partial charge in [-0.05, 0) is 62.7 Å². The number of aryl methyl sites for hydroxylation is 1. The highest BCUT2D eigenvalue weighted by molar-refractivity contribution is 7.89. The minimum Gasteiger partial charge on any atom is -0.492 e. The Morgan fingerprint density at radius 3 is 2.43 bits per heavy atom. The Balaban J connectivity index is 1.82. The van der Waals surface area contributed by atoms with E-state index in [4.69, 9.17) is 4.74 Å². The van der Waals surface area contributed by atoms with Crippen LogP contribution in [0.2, 0.25) is 0 Å². The molecule has 0 saturated carbocycles. The first-order valence-electron chi connectivity index (χ1n) is 9.02. The summed E-state index contributed by atoms with van der Waals surface area (Å²) in [7, 11) is -2.00. The molecule has 0 aliphatic carbocycles. The van der Waals surface area contributed by atoms with Crippen LogP contribution in [0.3, 0.4) is 0 Å². The fraction of sp³-hybridized carbons (Fsp3) is 0.350. The van der Waals surface area contributed by atoms with Crippen molar-refractivity contribution in [1.82, 2.24) is 9.62 Å². The lowest BCUT2D eigenvalue weighted by molar-refractivity contribution is 0.247. The molecule has 152 valence electrons. The predicted molar refractivity (Wildman–Crippen MR) is 110 cm³/mol. The monoisotopic (exact) mass is 405 g/mol. The topological polar surface area (TPSA) is 87.7 Å². The number of benzene rings is 2. The number of rotatable bonds is 8. The minimum absolute atomic E-state index is 0.143. The molecule has 28 heavy (non-hydrogen) atoms. The first-order chi connectivity index (χ1) is 13.2. The van der Waals surface area contributed by atoms with Gasteiger partial charge in [-0.15, -0.1) is 0 Å². The maximum Gasteiger partial charge on any atom is 0.319 e. The summed E-state index contributed by atoms with van der Waals surface area (Å²) in [5, 5.41) is 5.36. The highest BCUT2D eigenvalue weighted by Crippen LogP contribution is 2.19. The largest absolute Gasteiger partial charge is 0.492 e. The van der Waals surface area contributed by atoms with E-state index in [2.05, 4.69) is 10.6 Å². The van der Waals surface area contributed by atoms with Gasteiger partial charge in [-0.3, -0.25) is 0 Å². The third kappa shape index (κ3) is 5.97. The van der Waals surface area contributed by atoms with Crippen LogP contribution in [0.1, 0.15) is 19.4 Å². The zero-order valence-corrected chi connectivity index (χ0v) is 17.4. The van der Waals surface area contributed by atoms with Gasteiger partial charge in [0, 0.05) is 18.8 Å². The van der Waals surface area contributed by atoms with E-state index in [1.165, 1.54) is 16.4 Å². The van der Waals surface area contributed by atoms with Crippen molar-refractivity contribution in [2.45, 2.75) is 31.7 Å². The Morgan fingerprint density at radius 1 is 1.14 bits per heavy atom. The number of ether oxygens (including phenoxy) is 1. The number of nitrogens with one attached hydrogen (secondary N) is 2. The Hall–Kier alpha value is -2.58. The molecule has 2 aromatic rings. The lowest BCUT2D eigenvalue weighted by Gasteiger charge is -2.21. The number of sulfonamides is 1. The van der Waals surface area contributed by atoms with Gasteiger partial charge in [0.05, 0.1) is 11.4 Å². The summed E-state index contributed by atoms with van der Waals surface area (Å²) in [6.07, 6.45) is 0. The molecule has 0 fully saturated rings. The summed E-state index contributed by atoms with van der Waals surface area (Å²) >= 11 is 0. The van der Waals surface area contributed by atoms with Crippen LogP contribution in [0, 0.1) is 6.92 Å². The van der Waals surface area contributed by atoms with Crippen LogP contribution in [0.15, 0.2) is 53.4 Å². The molecule has 8 heteroatoms. The maximum absolute atomic E-state index is 12.4. The average Bonchev–Trinajstić information content (AvgIpc) is 2.65. The Morgan fingerprint density at radius 2 is 1.82 bits per heavy atom. The molecular formula is C20H27N3O4S. The molecule has 0 spiro atoms. The number of amides is 2. The molecule has 7 nitrogen and oxygen atoms in total. The summed E-state index contributed by atoms with van der Waals surface area (Å²) in [6, 6.07) is 13.2. The number of hydrogen-bond acceptors (Lipinski definition) is 4. The van der Waals surface area contributed by atoms with E-state index in [1.54, 1.807) is 33.0 Å². The molecule has 0 aliphatic rings. The van der Waals surface area contributed by atoms with Gasteiger partial charge >= 0.3 is 6.03 Å². The summed E-state index contributed by atoms with van der Waals surface area (Å²) in [4.78, 5) is 12.1. The number of nitrogens with zero attached hydrogens (tertiary/aromatic N) is 1. The third-order valence-electron chi connectivity index (χ3n) is 4.16. The second-order valence-electron chi connectivity index (χ2n) is 6.69. The second-order valence-corrected chi connectivity index (χ2v) is 8.68. The van der Waals surface area contributed by atoms with E-state index in [-0.39, 0.29) is 17.0 Å². The Bertz CT molecular complexity index is 896. The quantitative estimate of drug-likeness (QED) is 0.660. The van der Waals surface area contributed by atoms with Crippen LogP contribution < -0.4 is 15.4 Å². The molecule has 0 heterocycles. The van der Waals surface area contributed by atoms with E-state index < -0.39 is 10.0 Å². The van der Waals surface area contributed by atoms with Gasteiger partial charge in [-0.25, -0.2) is 13.2 Å². The standard InChI is InChI=1S/C20H27N3O4S/c1-15(2)23(4)28(25,26)19-10-8-17(9-11-19)22-20(24)21-12-13-27-18-7-5-6-16(3)14-18/h5-11,14-15H,12-13H2,1-4H3,(H2,21,22,24). The first-order valence-corrected chi connectivity index (χ1v) is 10.5. The molecule has 2 rings (SSSR count). The van der Waals surface area contributed by atoms with Crippen LogP contribution in [0.4, 0.5) is 10.5 Å². The Kier molecular flexibility index (Phi) is 7.42. The highest BCUT2D eigenvalue weighted by Gasteiger charge is 2.22. The van der Waals surface area contributed by atoms with Crippen molar-refractivity contribution >= 4 is 21.7 Å². The van der Waals surface area contributed by atoms with Gasteiger partial charge in [0.15, 0.2) is 0 Å². The first kappa shape index (κ1) is 21.7. The lowest BCUT2D eigenvalue weighted by Crippen LogP contribution is -2.33. The van der Waals surface area contributed by atoms with Crippen LogP contribution >= 0.6 is 0 Å². The molecule has 0 aliphatic heterocycles. The fourth-order valence-electron chi connectivity index (χ4n) is 2.37. The van der Waals surface area contributed by atoms with E-state index in [0.717, 1.165) is 11.3 Å². The summed E-state index contributed by atoms with van der Waals surface area (Å²) < 4.78 is 31.7. The van der Waals surface area contributed by atoms with Crippen LogP contribution in [0.5, 0.6) is 5.75 Å². The normalized spacial score (nSPS) is 11.5. The van der Waals surface area contributed by atoms with Gasteiger partial charge in [0.25, 0.3) is 0 Å². The van der Waals surface area contributed by atoms with Gasteiger partial charge in [0.1, 0.15) is 12.4 Å². The van der Waals surface area contributed by atoms with E-state index in [0.29, 0.717) is 18.8 Å². The smallest absolute Gasteiger partial charge is 0.319 e. The molecule has 2 N–H and O–H groups in total. The summed E-state index contributed by atoms with van der Waals surface area (Å²) in [5.74, 6) is 0.755. The molecule has 0 saturated heterocycles. The zero-order valence-electron chi connectivity index (χ0n) is 16.6. The number of carbonyl (C=O) groups excluding carboxylic acids is 1. The molecular weight excluding hydrogens is 378 g/mol. The molecule has 0 radical (unpaired) electrons. The number of urea groups is 1. The van der Waals surface area contributed by atoms with Gasteiger partial charge in [-0.2, -0.15) is 4.31 Å². The molecule has 2 aromatic carbocycles. The van der Waals surface area contributed by atoms with Gasteiger partial charge in [0.2, 0.25) is 10.0 Å². The van der Waals surface area contributed by atoms with Crippen LogP contribution in [0.25, 0.3) is 0 Å². The van der Waals surface area contributed by atoms with E-state index in [1.807, 2.05) is 31.2 Å². The maximum atomic E-state index is 12.4. The zero-order chi connectivity index (χ0) is 20.7. The second kappa shape index (κ2) is 9.57. The number of hydrogen-bond donors (Lipinski definition) is 2. The number of carbonyl (C=O) groups is 1. The third-order valence-corrected chi connectivity index (χ3v) is 6.21. The fourth-order valence-corrected chi connectivity index (χ4v) is 3.74. The van der Waals surface area contributed by atoms with Gasteiger partial charge in [-0.1, -0.05) is 12.1 Å². The van der Waals surface area contributed by atoms with Crippen molar-refractivity contribution in [2.24, 2.45) is 0 Å². The van der Waals surface area contributed by atoms with Crippen molar-refractivity contribution in [2.75, 3.05) is 25.5 Å². The number of anilines is 1. The van der Waals surface area contributed by atoms with Crippen molar-refractivity contribution < 1.29 is 17.9 Å². The van der Waals surface area contributed by atoms with Crippen molar-refractivity contribution in [3.8, 4) is 5.75 Å². The summed E-state index contributed by atoms with van der Waals surface area (Å²) in [6.45, 7) is 6.28. The molecule has 0 atom stereocenters. The van der Waals surface area contributed by atoms with Crippen molar-refractivity contribution in [3.63, 3.8) is 0 Å². The summed E-state index contributed by atoms with van der Waals surface area (Å²) in [5.41, 5.74) is 1.61. The average molecular weight is 406 g/mol. The lowest BCUT2D eigenvalue weighted by atomic mass is 10.2. The van der Waals surface area contributed by atoms with E-state index in [9.17, 15) is 13.2 Å². The Labute approximate surface area is 166 Å². The predicted octanol–water partition coefficient (Wildman–Crippen LogP) is 3.22. The SMILES string of the molecule is Cc1cccc(OCCNC(=O)Nc2ccc(S(=O)(=O)N(C)C(C)C)cc2)c1. The van der Waals surface area contributed by atoms with Gasteiger partial charge < -0.3 is 15.4 Å². The van der Waals surface area contributed by atoms with Crippen LogP contribution in [-0.2, 0) is 10.0 Å². The highest BCUT2D eigenvalue weighted by atomic mass is 32.2. The molecule has 0 aromatic heterocycles.